The van der Waals surface area contributed by atoms with E-state index in [2.05, 4.69) is 31.0 Å². The van der Waals surface area contributed by atoms with Gasteiger partial charge in [0.05, 0.1) is 32.9 Å². The van der Waals surface area contributed by atoms with E-state index in [0.29, 0.717) is 0 Å². The summed E-state index contributed by atoms with van der Waals surface area (Å²) in [4.78, 5) is 8.99. The highest BCUT2D eigenvalue weighted by Gasteiger charge is 2.02. The lowest BCUT2D eigenvalue weighted by molar-refractivity contribution is 1.31. The molecule has 6 nitrogen and oxygen atoms in total. The van der Waals surface area contributed by atoms with Gasteiger partial charge in [0.1, 0.15) is 0 Å². The van der Waals surface area contributed by atoms with Crippen LogP contribution in [0.15, 0.2) is 83.0 Å². The molecule has 0 fully saturated rings. The highest BCUT2D eigenvalue weighted by molar-refractivity contribution is 7.22. The number of fused-ring (bicyclic) bond motifs is 2. The lowest BCUT2D eigenvalue weighted by Crippen LogP contribution is -1.92. The Bertz CT molecular complexity index is 1180. The summed E-state index contributed by atoms with van der Waals surface area (Å²) in [5, 5.41) is 10.1. The van der Waals surface area contributed by atoms with Crippen molar-refractivity contribution >= 4 is 65.8 Å². The van der Waals surface area contributed by atoms with E-state index in [-0.39, 0.29) is 0 Å². The topological polar surface area (TPSA) is 74.6 Å². The molecule has 0 aliphatic rings. The van der Waals surface area contributed by atoms with Crippen LogP contribution in [0.3, 0.4) is 0 Å². The number of rotatable bonds is 6. The Labute approximate surface area is 180 Å². The van der Waals surface area contributed by atoms with Crippen LogP contribution in [-0.4, -0.2) is 22.4 Å². The molecule has 5 rings (SSSR count). The van der Waals surface area contributed by atoms with Gasteiger partial charge in [0.25, 0.3) is 0 Å². The Morgan fingerprint density at radius 3 is 1.47 bits per heavy atom. The van der Waals surface area contributed by atoms with Crippen molar-refractivity contribution in [1.82, 2.24) is 9.97 Å². The summed E-state index contributed by atoms with van der Waals surface area (Å²) in [6.07, 6.45) is 3.54. The first-order chi connectivity index (χ1) is 14.8. The number of nitrogens with one attached hydrogen (secondary N) is 2. The molecule has 0 unspecified atom stereocenters. The van der Waals surface area contributed by atoms with Crippen molar-refractivity contribution in [2.45, 2.75) is 0 Å². The van der Waals surface area contributed by atoms with Crippen molar-refractivity contribution in [3.05, 3.63) is 83.9 Å². The second kappa shape index (κ2) is 8.40. The molecule has 0 amide bonds. The Hall–Kier alpha value is -3.62. The third kappa shape index (κ3) is 4.19. The molecule has 0 saturated heterocycles. The normalized spacial score (nSPS) is 11.7. The van der Waals surface area contributed by atoms with E-state index in [1.165, 1.54) is 0 Å². The zero-order valence-corrected chi connectivity index (χ0v) is 17.3. The van der Waals surface area contributed by atoms with Gasteiger partial charge in [-0.25, -0.2) is 9.97 Å². The molecule has 2 aromatic heterocycles. The maximum Gasteiger partial charge on any atom is 0.204 e. The summed E-state index contributed by atoms with van der Waals surface area (Å²) >= 11 is 3.16. The Morgan fingerprint density at radius 1 is 0.600 bits per heavy atom. The van der Waals surface area contributed by atoms with Gasteiger partial charge in [0.2, 0.25) is 10.3 Å². The van der Waals surface area contributed by atoms with Gasteiger partial charge in [-0.15, -0.1) is 0 Å². The highest BCUT2D eigenvalue weighted by atomic mass is 32.1. The first-order valence-electron chi connectivity index (χ1n) is 9.23. The van der Waals surface area contributed by atoms with E-state index in [1.807, 2.05) is 72.8 Å². The average Bonchev–Trinajstić information content (AvgIpc) is 3.38. The van der Waals surface area contributed by atoms with Crippen molar-refractivity contribution in [3.63, 3.8) is 0 Å². The number of benzene rings is 3. The van der Waals surface area contributed by atoms with Gasteiger partial charge in [-0.2, -0.15) is 10.2 Å². The van der Waals surface area contributed by atoms with E-state index < -0.39 is 0 Å². The monoisotopic (exact) mass is 428 g/mol. The average molecular weight is 429 g/mol. The van der Waals surface area contributed by atoms with Crippen LogP contribution in [0.1, 0.15) is 11.1 Å². The van der Waals surface area contributed by atoms with E-state index >= 15 is 0 Å². The van der Waals surface area contributed by atoms with Crippen LogP contribution in [0, 0.1) is 0 Å². The summed E-state index contributed by atoms with van der Waals surface area (Å²) in [7, 11) is 0. The zero-order chi connectivity index (χ0) is 20.2. The first kappa shape index (κ1) is 18.4. The molecular weight excluding hydrogens is 412 g/mol. The third-order valence-corrected chi connectivity index (χ3v) is 6.15. The summed E-state index contributed by atoms with van der Waals surface area (Å²) in [5.41, 5.74) is 9.91. The zero-order valence-electron chi connectivity index (χ0n) is 15.7. The number of anilines is 2. The van der Waals surface area contributed by atoms with E-state index in [9.17, 15) is 0 Å². The molecule has 146 valence electrons. The number of thiazole rings is 2. The Morgan fingerprint density at radius 2 is 1.03 bits per heavy atom. The van der Waals surface area contributed by atoms with Gasteiger partial charge in [0.15, 0.2) is 0 Å². The quantitative estimate of drug-likeness (QED) is 0.265. The van der Waals surface area contributed by atoms with Gasteiger partial charge in [-0.1, -0.05) is 71.2 Å². The summed E-state index contributed by atoms with van der Waals surface area (Å²) in [6.45, 7) is 0. The molecule has 5 aromatic rings. The predicted octanol–water partition coefficient (Wildman–Crippen LogP) is 5.80. The minimum atomic E-state index is 0.775. The smallest absolute Gasteiger partial charge is 0.204 e. The fourth-order valence-electron chi connectivity index (χ4n) is 2.83. The van der Waals surface area contributed by atoms with E-state index in [0.717, 1.165) is 41.8 Å². The molecule has 0 spiro atoms. The van der Waals surface area contributed by atoms with Crippen LogP contribution in [0.25, 0.3) is 20.4 Å². The Kier molecular flexibility index (Phi) is 5.15. The van der Waals surface area contributed by atoms with E-state index in [4.69, 9.17) is 0 Å². The fraction of sp³-hybridized carbons (Fsp3) is 0. The predicted molar refractivity (Wildman–Crippen MR) is 128 cm³/mol. The summed E-state index contributed by atoms with van der Waals surface area (Å²) < 4.78 is 2.27. The molecule has 8 heteroatoms. The van der Waals surface area contributed by atoms with Crippen LogP contribution in [0.5, 0.6) is 0 Å². The molecule has 0 atom stereocenters. The molecule has 0 bridgehead atoms. The molecule has 0 saturated carbocycles. The van der Waals surface area contributed by atoms with E-state index in [1.54, 1.807) is 35.1 Å². The molecule has 0 radical (unpaired) electrons. The standard InChI is InChI=1S/C22H16N6S2/c1-3-7-19-17(5-1)25-21(29-19)27-23-13-15-9-11-16(12-10-15)14-24-28-22-26-18-6-2-4-8-20(18)30-22/h1-14H,(H,25,27)(H,26,28). The van der Waals surface area contributed by atoms with Crippen LogP contribution < -0.4 is 10.9 Å². The van der Waals surface area contributed by atoms with Gasteiger partial charge >= 0.3 is 0 Å². The van der Waals surface area contributed by atoms with Crippen molar-refractivity contribution in [2.75, 3.05) is 10.9 Å². The molecule has 0 aliphatic heterocycles. The highest BCUT2D eigenvalue weighted by Crippen LogP contribution is 2.26. The van der Waals surface area contributed by atoms with Crippen molar-refractivity contribution < 1.29 is 0 Å². The van der Waals surface area contributed by atoms with Crippen molar-refractivity contribution in [1.29, 1.82) is 0 Å². The van der Waals surface area contributed by atoms with Gasteiger partial charge < -0.3 is 0 Å². The third-order valence-electron chi connectivity index (χ3n) is 4.27. The first-order valence-corrected chi connectivity index (χ1v) is 10.9. The Balaban J connectivity index is 1.18. The molecular formula is C22H16N6S2. The molecule has 0 aliphatic carbocycles. The number of hydrazone groups is 2. The number of para-hydroxylation sites is 2. The molecule has 2 N–H and O–H groups in total. The molecule has 30 heavy (non-hydrogen) atoms. The van der Waals surface area contributed by atoms with Crippen LogP contribution in [0.4, 0.5) is 10.3 Å². The maximum atomic E-state index is 4.50. The minimum Gasteiger partial charge on any atom is -0.253 e. The van der Waals surface area contributed by atoms with Gasteiger partial charge in [-0.05, 0) is 35.4 Å². The largest absolute Gasteiger partial charge is 0.253 e. The van der Waals surface area contributed by atoms with Crippen LogP contribution >= 0.6 is 22.7 Å². The second-order valence-electron chi connectivity index (χ2n) is 6.38. The maximum absolute atomic E-state index is 4.50. The van der Waals surface area contributed by atoms with Gasteiger partial charge in [-0.3, -0.25) is 10.9 Å². The number of aromatic nitrogens is 2. The fourth-order valence-corrected chi connectivity index (χ4v) is 4.46. The second-order valence-corrected chi connectivity index (χ2v) is 8.44. The van der Waals surface area contributed by atoms with Crippen LogP contribution in [-0.2, 0) is 0 Å². The van der Waals surface area contributed by atoms with Crippen LogP contribution in [0.2, 0.25) is 0 Å². The minimum absolute atomic E-state index is 0.775. The lowest BCUT2D eigenvalue weighted by Gasteiger charge is -1.97. The lowest BCUT2D eigenvalue weighted by atomic mass is 10.2. The van der Waals surface area contributed by atoms with Gasteiger partial charge in [0, 0.05) is 0 Å². The number of hydrogen-bond acceptors (Lipinski definition) is 8. The van der Waals surface area contributed by atoms with Crippen molar-refractivity contribution in [2.24, 2.45) is 10.2 Å². The van der Waals surface area contributed by atoms with Crippen molar-refractivity contribution in [3.8, 4) is 0 Å². The molecule has 3 aromatic carbocycles. The summed E-state index contributed by atoms with van der Waals surface area (Å²) in [6, 6.07) is 24.0. The number of nitrogens with zero attached hydrogens (tertiary/aromatic N) is 4. The molecule has 2 heterocycles. The SMILES string of the molecule is C(=NNc1nc2ccccc2s1)c1ccc(C=NNc2nc3ccccc3s2)cc1. The summed E-state index contributed by atoms with van der Waals surface area (Å²) in [5.74, 6) is 0. The number of hydrogen-bond donors (Lipinski definition) is 2.